The topological polar surface area (TPSA) is 121 Å². The van der Waals surface area contributed by atoms with Gasteiger partial charge in [0.1, 0.15) is 5.69 Å². The van der Waals surface area contributed by atoms with Crippen LogP contribution in [0.3, 0.4) is 0 Å². The summed E-state index contributed by atoms with van der Waals surface area (Å²) in [6.07, 6.45) is 0. The Morgan fingerprint density at radius 2 is 1.76 bits per heavy atom. The summed E-state index contributed by atoms with van der Waals surface area (Å²) in [5.74, 6) is 0.671. The fourth-order valence-corrected chi connectivity index (χ4v) is 4.57. The molecule has 0 radical (unpaired) electrons. The second kappa shape index (κ2) is 9.98. The molecule has 0 saturated carbocycles. The number of H-pyrrole nitrogens is 1. The van der Waals surface area contributed by atoms with Crippen molar-refractivity contribution in [3.8, 4) is 39.8 Å². The normalized spacial score (nSPS) is 11.0. The van der Waals surface area contributed by atoms with Crippen LogP contribution in [0.1, 0.15) is 10.5 Å². The molecule has 0 aliphatic carbocycles. The molecule has 2 N–H and O–H groups in total. The molecule has 0 bridgehead atoms. The number of carbonyl (C=O) groups excluding carboxylic acids is 1. The molecule has 2 aromatic heterocycles. The number of hydrogen-bond donors (Lipinski definition) is 2. The van der Waals surface area contributed by atoms with Crippen molar-refractivity contribution in [2.45, 2.75) is 0 Å². The average molecular weight is 535 g/mol. The van der Waals surface area contributed by atoms with Crippen molar-refractivity contribution >= 4 is 34.1 Å². The fourth-order valence-electron chi connectivity index (χ4n) is 4.40. The highest BCUT2D eigenvalue weighted by Gasteiger charge is 2.20. The van der Waals surface area contributed by atoms with Crippen LogP contribution in [-0.2, 0) is 7.05 Å². The van der Waals surface area contributed by atoms with Gasteiger partial charge in [0, 0.05) is 34.1 Å². The number of aryl methyl sites for hydroxylation is 1. The molecule has 0 aliphatic heterocycles. The molecule has 11 heteroatoms. The summed E-state index contributed by atoms with van der Waals surface area (Å²) in [5.41, 5.74) is 3.76. The Labute approximate surface area is 221 Å². The first-order valence-corrected chi connectivity index (χ1v) is 11.8. The highest BCUT2D eigenvalue weighted by atomic mass is 35.5. The monoisotopic (exact) mass is 534 g/mol. The van der Waals surface area contributed by atoms with E-state index in [1.54, 1.807) is 50.2 Å². The molecule has 1 amide bonds. The van der Waals surface area contributed by atoms with Crippen molar-refractivity contribution < 1.29 is 23.5 Å². The van der Waals surface area contributed by atoms with Gasteiger partial charge in [-0.1, -0.05) is 28.9 Å². The SMILES string of the molecule is COc1ccc(-c2ccc3cc(C(=O)Nc4ccc(Cl)cc4-c4noc(=O)[nH]4)n(C)c3c2)c(OC)c1OC. The highest BCUT2D eigenvalue weighted by Crippen LogP contribution is 2.44. The Balaban J connectivity index is 1.53. The quantitative estimate of drug-likeness (QED) is 0.297. The van der Waals surface area contributed by atoms with E-state index in [2.05, 4.69) is 20.0 Å². The number of benzene rings is 3. The van der Waals surface area contributed by atoms with Gasteiger partial charge in [-0.25, -0.2) is 4.79 Å². The van der Waals surface area contributed by atoms with Crippen LogP contribution in [0.25, 0.3) is 33.4 Å². The lowest BCUT2D eigenvalue weighted by Crippen LogP contribution is -2.16. The summed E-state index contributed by atoms with van der Waals surface area (Å²) < 4.78 is 23.0. The number of aromatic nitrogens is 3. The summed E-state index contributed by atoms with van der Waals surface area (Å²) in [5, 5.41) is 7.87. The van der Waals surface area contributed by atoms with E-state index in [0.29, 0.717) is 39.2 Å². The number of amides is 1. The van der Waals surface area contributed by atoms with Crippen molar-refractivity contribution in [2.75, 3.05) is 26.6 Å². The number of rotatable bonds is 7. The molecule has 5 rings (SSSR count). The van der Waals surface area contributed by atoms with E-state index >= 15 is 0 Å². The number of nitrogens with zero attached hydrogens (tertiary/aromatic N) is 2. The minimum atomic E-state index is -0.715. The molecule has 5 aromatic rings. The minimum absolute atomic E-state index is 0.151. The standard InChI is InChI=1S/C27H23ClN4O6/c1-32-20-11-14(17-8-10-22(35-2)24(37-4)23(17)36-3)5-6-15(20)12-21(32)26(33)29-19-9-7-16(28)13-18(19)25-30-27(34)38-31-25/h5-13H,1-4H3,(H,29,33)(H,30,31,34). The van der Waals surface area contributed by atoms with Crippen LogP contribution in [0.2, 0.25) is 5.02 Å². The average Bonchev–Trinajstić information content (AvgIpc) is 3.51. The number of nitrogens with one attached hydrogen (secondary N) is 2. The van der Waals surface area contributed by atoms with Crippen LogP contribution in [-0.4, -0.2) is 41.9 Å². The molecule has 0 unspecified atom stereocenters. The maximum absolute atomic E-state index is 13.4. The van der Waals surface area contributed by atoms with Gasteiger partial charge in [-0.15, -0.1) is 0 Å². The van der Waals surface area contributed by atoms with E-state index in [4.69, 9.17) is 25.8 Å². The first-order chi connectivity index (χ1) is 18.3. The first kappa shape index (κ1) is 25.0. The van der Waals surface area contributed by atoms with Gasteiger partial charge in [-0.05, 0) is 48.0 Å². The van der Waals surface area contributed by atoms with E-state index in [-0.39, 0.29) is 11.7 Å². The zero-order valence-electron chi connectivity index (χ0n) is 20.9. The van der Waals surface area contributed by atoms with Crippen molar-refractivity contribution in [2.24, 2.45) is 7.05 Å². The van der Waals surface area contributed by atoms with E-state index in [9.17, 15) is 9.59 Å². The smallest absolute Gasteiger partial charge is 0.439 e. The predicted molar refractivity (Wildman–Crippen MR) is 144 cm³/mol. The molecule has 10 nitrogen and oxygen atoms in total. The molecule has 0 atom stereocenters. The number of ether oxygens (including phenoxy) is 3. The Kier molecular flexibility index (Phi) is 6.56. The van der Waals surface area contributed by atoms with Gasteiger partial charge >= 0.3 is 5.76 Å². The minimum Gasteiger partial charge on any atom is -0.493 e. The maximum Gasteiger partial charge on any atom is 0.439 e. The first-order valence-electron chi connectivity index (χ1n) is 11.4. The van der Waals surface area contributed by atoms with Gasteiger partial charge in [-0.3, -0.25) is 14.3 Å². The van der Waals surface area contributed by atoms with Crippen molar-refractivity contribution in [3.63, 3.8) is 0 Å². The third kappa shape index (κ3) is 4.35. The lowest BCUT2D eigenvalue weighted by atomic mass is 10.0. The molecule has 2 heterocycles. The van der Waals surface area contributed by atoms with E-state index < -0.39 is 5.76 Å². The van der Waals surface area contributed by atoms with Crippen LogP contribution >= 0.6 is 11.6 Å². The Morgan fingerprint density at radius 3 is 2.45 bits per heavy atom. The van der Waals surface area contributed by atoms with E-state index in [0.717, 1.165) is 22.0 Å². The van der Waals surface area contributed by atoms with Gasteiger partial charge in [-0.2, -0.15) is 0 Å². The number of halogens is 1. The maximum atomic E-state index is 13.4. The molecular weight excluding hydrogens is 512 g/mol. The fraction of sp³-hybridized carbons (Fsp3) is 0.148. The van der Waals surface area contributed by atoms with Gasteiger partial charge in [0.25, 0.3) is 5.91 Å². The number of aromatic amines is 1. The Hall–Kier alpha value is -4.70. The summed E-state index contributed by atoms with van der Waals surface area (Å²) in [6.45, 7) is 0. The Morgan fingerprint density at radius 1 is 0.974 bits per heavy atom. The summed E-state index contributed by atoms with van der Waals surface area (Å²) in [6, 6.07) is 16.2. The van der Waals surface area contributed by atoms with Crippen LogP contribution < -0.4 is 25.3 Å². The zero-order valence-corrected chi connectivity index (χ0v) is 21.7. The third-order valence-corrected chi connectivity index (χ3v) is 6.45. The Bertz CT molecular complexity index is 1740. The van der Waals surface area contributed by atoms with Crippen molar-refractivity contribution in [1.29, 1.82) is 0 Å². The highest BCUT2D eigenvalue weighted by molar-refractivity contribution is 6.31. The second-order valence-electron chi connectivity index (χ2n) is 8.33. The molecule has 194 valence electrons. The van der Waals surface area contributed by atoms with E-state index in [1.807, 2.05) is 37.4 Å². The van der Waals surface area contributed by atoms with Crippen LogP contribution in [0.5, 0.6) is 17.2 Å². The largest absolute Gasteiger partial charge is 0.493 e. The summed E-state index contributed by atoms with van der Waals surface area (Å²) in [7, 11) is 6.51. The molecular formula is C27H23ClN4O6. The predicted octanol–water partition coefficient (Wildman–Crippen LogP) is 5.12. The third-order valence-electron chi connectivity index (χ3n) is 6.22. The van der Waals surface area contributed by atoms with Gasteiger partial charge in [0.15, 0.2) is 17.3 Å². The lowest BCUT2D eigenvalue weighted by Gasteiger charge is -2.16. The lowest BCUT2D eigenvalue weighted by molar-refractivity contribution is 0.102. The van der Waals surface area contributed by atoms with Crippen LogP contribution in [0.4, 0.5) is 5.69 Å². The molecule has 0 fully saturated rings. The molecule has 3 aromatic carbocycles. The van der Waals surface area contributed by atoms with Crippen LogP contribution in [0.15, 0.2) is 63.9 Å². The molecule has 0 saturated heterocycles. The number of fused-ring (bicyclic) bond motifs is 1. The molecule has 0 spiro atoms. The number of hydrogen-bond acceptors (Lipinski definition) is 7. The van der Waals surface area contributed by atoms with Crippen molar-refractivity contribution in [1.82, 2.24) is 14.7 Å². The summed E-state index contributed by atoms with van der Waals surface area (Å²) in [4.78, 5) is 27.3. The second-order valence-corrected chi connectivity index (χ2v) is 8.77. The number of carbonyl (C=O) groups is 1. The van der Waals surface area contributed by atoms with Crippen LogP contribution in [0, 0.1) is 0 Å². The van der Waals surface area contributed by atoms with E-state index in [1.165, 1.54) is 0 Å². The zero-order chi connectivity index (χ0) is 27.0. The number of methoxy groups -OCH3 is 3. The van der Waals surface area contributed by atoms with Crippen molar-refractivity contribution in [3.05, 3.63) is 75.9 Å². The van der Waals surface area contributed by atoms with Gasteiger partial charge < -0.3 is 24.1 Å². The summed E-state index contributed by atoms with van der Waals surface area (Å²) >= 11 is 6.14. The number of anilines is 1. The molecule has 0 aliphatic rings. The molecule has 38 heavy (non-hydrogen) atoms. The van der Waals surface area contributed by atoms with Gasteiger partial charge in [0.2, 0.25) is 5.75 Å². The van der Waals surface area contributed by atoms with Gasteiger partial charge in [0.05, 0.1) is 27.0 Å².